The van der Waals surface area contributed by atoms with Gasteiger partial charge < -0.3 is 9.84 Å². The highest BCUT2D eigenvalue weighted by atomic mass is 127. The molecule has 0 bridgehead atoms. The lowest BCUT2D eigenvalue weighted by Gasteiger charge is -2.15. The first-order valence-electron chi connectivity index (χ1n) is 7.70. The van der Waals surface area contributed by atoms with Gasteiger partial charge in [0.05, 0.1) is 25.8 Å². The molecule has 0 atom stereocenters. The zero-order valence-electron chi connectivity index (χ0n) is 13.8. The van der Waals surface area contributed by atoms with Crippen LogP contribution in [-0.4, -0.2) is 21.9 Å². The number of rotatable bonds is 4. The lowest BCUT2D eigenvalue weighted by atomic mass is 10.2. The molecule has 0 aliphatic carbocycles. The molecular formula is C18H12BrClINO3S2. The Morgan fingerprint density at radius 1 is 1.41 bits per heavy atom. The lowest BCUT2D eigenvalue weighted by molar-refractivity contribution is -0.113. The summed E-state index contributed by atoms with van der Waals surface area (Å²) in [7, 11) is 0. The molecule has 0 spiro atoms. The van der Waals surface area contributed by atoms with Crippen molar-refractivity contribution in [2.24, 2.45) is 0 Å². The van der Waals surface area contributed by atoms with E-state index < -0.39 is 0 Å². The van der Waals surface area contributed by atoms with Crippen LogP contribution in [0, 0.1) is 3.57 Å². The zero-order chi connectivity index (χ0) is 19.7. The molecule has 2 aromatic carbocycles. The number of amides is 1. The highest BCUT2D eigenvalue weighted by Crippen LogP contribution is 2.39. The van der Waals surface area contributed by atoms with E-state index in [0.29, 0.717) is 35.9 Å². The van der Waals surface area contributed by atoms with Crippen molar-refractivity contribution in [1.82, 2.24) is 0 Å². The molecule has 2 aromatic rings. The normalized spacial score (nSPS) is 15.7. The quantitative estimate of drug-likeness (QED) is 0.258. The van der Waals surface area contributed by atoms with Gasteiger partial charge in [0.1, 0.15) is 0 Å². The fourth-order valence-electron chi connectivity index (χ4n) is 2.41. The molecule has 1 amide bonds. The number of phenolic OH excluding ortho intramolecular Hbond substituents is 1. The predicted molar refractivity (Wildman–Crippen MR) is 127 cm³/mol. The molecule has 1 saturated heterocycles. The third kappa shape index (κ3) is 4.45. The fourth-order valence-corrected chi connectivity index (χ4v) is 4.75. The van der Waals surface area contributed by atoms with Crippen LogP contribution in [0.4, 0.5) is 5.69 Å². The molecule has 9 heteroatoms. The van der Waals surface area contributed by atoms with Gasteiger partial charge in [0.25, 0.3) is 5.91 Å². The highest BCUT2D eigenvalue weighted by molar-refractivity contribution is 14.1. The van der Waals surface area contributed by atoms with E-state index in [1.165, 1.54) is 16.7 Å². The number of phenols is 1. The molecule has 1 fully saturated rings. The van der Waals surface area contributed by atoms with E-state index >= 15 is 0 Å². The van der Waals surface area contributed by atoms with Gasteiger partial charge in [0.15, 0.2) is 15.8 Å². The molecule has 0 unspecified atom stereocenters. The molecule has 0 radical (unpaired) electrons. The van der Waals surface area contributed by atoms with Gasteiger partial charge in [0, 0.05) is 4.47 Å². The summed E-state index contributed by atoms with van der Waals surface area (Å²) in [5.74, 6) is 0.252. The number of carbonyl (C=O) groups is 1. The second kappa shape index (κ2) is 8.69. The number of thioether (sulfide) groups is 1. The Bertz CT molecular complexity index is 983. The van der Waals surface area contributed by atoms with Crippen molar-refractivity contribution in [2.75, 3.05) is 11.5 Å². The topological polar surface area (TPSA) is 49.8 Å². The monoisotopic (exact) mass is 595 g/mol. The van der Waals surface area contributed by atoms with Gasteiger partial charge in [-0.2, -0.15) is 0 Å². The maximum Gasteiger partial charge on any atom is 0.270 e. The Hall–Kier alpha value is -0.810. The summed E-state index contributed by atoms with van der Waals surface area (Å²) in [6.07, 6.45) is 1.74. The largest absolute Gasteiger partial charge is 0.504 e. The first kappa shape index (κ1) is 20.9. The van der Waals surface area contributed by atoms with Crippen LogP contribution < -0.4 is 9.64 Å². The summed E-state index contributed by atoms with van der Waals surface area (Å²) in [6, 6.07) is 8.72. The summed E-state index contributed by atoms with van der Waals surface area (Å²) in [5.41, 5.74) is 1.36. The van der Waals surface area contributed by atoms with Crippen molar-refractivity contribution in [3.05, 3.63) is 53.9 Å². The van der Waals surface area contributed by atoms with Crippen molar-refractivity contribution in [3.8, 4) is 11.5 Å². The Morgan fingerprint density at radius 3 is 2.81 bits per heavy atom. The standard InChI is InChI=1S/C18H12BrClINO3S2/c1-2-25-14-6-9(5-13(21)16(14)23)7-15-17(24)22(18(26)27-15)10-3-4-11(19)12(20)8-10/h3-8,23H,2H2,1H3/b15-7+. The number of carbonyl (C=O) groups excluding carboxylic acids is 1. The first-order chi connectivity index (χ1) is 12.8. The number of halogens is 3. The minimum absolute atomic E-state index is 0.0895. The SMILES string of the molecule is CCOc1cc(/C=C2/SC(=S)N(c3ccc(Br)c(Cl)c3)C2=O)cc(I)c1O. The summed E-state index contributed by atoms with van der Waals surface area (Å²) < 4.78 is 7.27. The molecule has 4 nitrogen and oxygen atoms in total. The van der Waals surface area contributed by atoms with Crippen molar-refractivity contribution < 1.29 is 14.6 Å². The van der Waals surface area contributed by atoms with Crippen LogP contribution in [0.5, 0.6) is 11.5 Å². The highest BCUT2D eigenvalue weighted by Gasteiger charge is 2.33. The van der Waals surface area contributed by atoms with E-state index in [1.807, 2.05) is 29.5 Å². The number of aromatic hydroxyl groups is 1. The van der Waals surface area contributed by atoms with Gasteiger partial charge in [-0.3, -0.25) is 9.69 Å². The van der Waals surface area contributed by atoms with Gasteiger partial charge in [-0.1, -0.05) is 35.6 Å². The maximum absolute atomic E-state index is 12.9. The van der Waals surface area contributed by atoms with Gasteiger partial charge in [-0.25, -0.2) is 0 Å². The Morgan fingerprint density at radius 2 is 2.15 bits per heavy atom. The maximum atomic E-state index is 12.9. The molecular weight excluding hydrogens is 585 g/mol. The van der Waals surface area contributed by atoms with Crippen LogP contribution in [0.3, 0.4) is 0 Å². The Kier molecular flexibility index (Phi) is 6.73. The van der Waals surface area contributed by atoms with E-state index in [1.54, 1.807) is 36.4 Å². The predicted octanol–water partition coefficient (Wildman–Crippen LogP) is 6.22. The minimum atomic E-state index is -0.218. The molecule has 27 heavy (non-hydrogen) atoms. The molecule has 0 aromatic heterocycles. The second-order valence-corrected chi connectivity index (χ2v) is 9.50. The van der Waals surface area contributed by atoms with Crippen molar-refractivity contribution in [2.45, 2.75) is 6.92 Å². The fraction of sp³-hybridized carbons (Fsp3) is 0.111. The summed E-state index contributed by atoms with van der Waals surface area (Å²) in [4.78, 5) is 14.8. The summed E-state index contributed by atoms with van der Waals surface area (Å²) in [6.45, 7) is 2.27. The average molecular weight is 597 g/mol. The van der Waals surface area contributed by atoms with Crippen LogP contribution in [0.1, 0.15) is 12.5 Å². The summed E-state index contributed by atoms with van der Waals surface area (Å²) in [5, 5.41) is 10.6. The van der Waals surface area contributed by atoms with Gasteiger partial charge in [-0.05, 0) is 87.4 Å². The Balaban J connectivity index is 1.96. The van der Waals surface area contributed by atoms with Gasteiger partial charge in [0.2, 0.25) is 0 Å². The van der Waals surface area contributed by atoms with Crippen LogP contribution in [-0.2, 0) is 4.79 Å². The number of thiocarbonyl (C=S) groups is 1. The number of benzene rings is 2. The molecule has 3 rings (SSSR count). The molecule has 1 aliphatic rings. The number of anilines is 1. The lowest BCUT2D eigenvalue weighted by Crippen LogP contribution is -2.27. The number of nitrogens with zero attached hydrogens (tertiary/aromatic N) is 1. The van der Waals surface area contributed by atoms with Crippen LogP contribution >= 0.6 is 74.1 Å². The molecule has 1 N–H and O–H groups in total. The Labute approximate surface area is 193 Å². The molecule has 0 saturated carbocycles. The van der Waals surface area contributed by atoms with E-state index in [-0.39, 0.29) is 11.7 Å². The molecule has 1 heterocycles. The number of hydrogen-bond donors (Lipinski definition) is 1. The number of ether oxygens (including phenoxy) is 1. The zero-order valence-corrected chi connectivity index (χ0v) is 20.0. The van der Waals surface area contributed by atoms with Gasteiger partial charge >= 0.3 is 0 Å². The minimum Gasteiger partial charge on any atom is -0.504 e. The first-order valence-corrected chi connectivity index (χ1v) is 11.2. The number of hydrogen-bond acceptors (Lipinski definition) is 5. The summed E-state index contributed by atoms with van der Waals surface area (Å²) >= 11 is 18.1. The van der Waals surface area contributed by atoms with Crippen molar-refractivity contribution in [3.63, 3.8) is 0 Å². The van der Waals surface area contributed by atoms with Crippen LogP contribution in [0.15, 0.2) is 39.7 Å². The molecule has 140 valence electrons. The van der Waals surface area contributed by atoms with E-state index in [0.717, 1.165) is 10.0 Å². The third-order valence-electron chi connectivity index (χ3n) is 3.60. The van der Waals surface area contributed by atoms with E-state index in [2.05, 4.69) is 15.9 Å². The van der Waals surface area contributed by atoms with Crippen molar-refractivity contribution >= 4 is 96.1 Å². The molecule has 1 aliphatic heterocycles. The van der Waals surface area contributed by atoms with Crippen molar-refractivity contribution in [1.29, 1.82) is 0 Å². The third-order valence-corrected chi connectivity index (χ3v) is 6.96. The smallest absolute Gasteiger partial charge is 0.270 e. The van der Waals surface area contributed by atoms with Crippen LogP contribution in [0.2, 0.25) is 5.02 Å². The van der Waals surface area contributed by atoms with Gasteiger partial charge in [-0.15, -0.1) is 0 Å². The van der Waals surface area contributed by atoms with E-state index in [9.17, 15) is 9.90 Å². The van der Waals surface area contributed by atoms with E-state index in [4.69, 9.17) is 28.6 Å². The second-order valence-electron chi connectivity index (χ2n) is 5.40. The van der Waals surface area contributed by atoms with Crippen LogP contribution in [0.25, 0.3) is 6.08 Å². The average Bonchev–Trinajstić information content (AvgIpc) is 2.89.